The summed E-state index contributed by atoms with van der Waals surface area (Å²) in [5.41, 5.74) is 3.33. The lowest BCUT2D eigenvalue weighted by molar-refractivity contribution is -0.127. The monoisotopic (exact) mass is 436 g/mol. The van der Waals surface area contributed by atoms with Gasteiger partial charge in [-0.05, 0) is 57.2 Å². The number of aromatic nitrogens is 3. The smallest absolute Gasteiger partial charge is 0.237 e. The predicted octanol–water partition coefficient (Wildman–Crippen LogP) is 5.45. The van der Waals surface area contributed by atoms with Crippen molar-refractivity contribution in [1.29, 1.82) is 0 Å². The number of furan rings is 1. The molecule has 0 atom stereocenters. The van der Waals surface area contributed by atoms with Crippen molar-refractivity contribution in [2.75, 3.05) is 5.75 Å². The summed E-state index contributed by atoms with van der Waals surface area (Å²) in [6.45, 7) is 5.36. The van der Waals surface area contributed by atoms with Crippen LogP contribution in [-0.4, -0.2) is 31.3 Å². The van der Waals surface area contributed by atoms with E-state index >= 15 is 0 Å². The topological polar surface area (TPSA) is 64.2 Å². The van der Waals surface area contributed by atoms with Gasteiger partial charge in [-0.3, -0.25) is 4.79 Å². The van der Waals surface area contributed by atoms with E-state index in [1.807, 2.05) is 29.2 Å². The van der Waals surface area contributed by atoms with Crippen LogP contribution in [0.15, 0.2) is 64.0 Å². The van der Waals surface area contributed by atoms with Gasteiger partial charge in [0, 0.05) is 17.8 Å². The maximum Gasteiger partial charge on any atom is 0.237 e. The average Bonchev–Trinajstić information content (AvgIpc) is 3.46. The van der Waals surface area contributed by atoms with Gasteiger partial charge in [-0.15, -0.1) is 10.2 Å². The number of allylic oxidation sites excluding steroid dienone is 2. The van der Waals surface area contributed by atoms with E-state index in [9.17, 15) is 4.79 Å². The summed E-state index contributed by atoms with van der Waals surface area (Å²) < 4.78 is 7.59. The van der Waals surface area contributed by atoms with Crippen LogP contribution < -0.4 is 0 Å². The van der Waals surface area contributed by atoms with Gasteiger partial charge in [-0.25, -0.2) is 0 Å². The first kappa shape index (κ1) is 21.4. The van der Waals surface area contributed by atoms with Crippen LogP contribution in [0.4, 0.5) is 0 Å². The maximum atomic E-state index is 13.2. The summed E-state index contributed by atoms with van der Waals surface area (Å²) in [6, 6.07) is 11.9. The Morgan fingerprint density at radius 3 is 2.77 bits per heavy atom. The molecule has 1 aliphatic carbocycles. The molecule has 0 unspecified atom stereocenters. The molecule has 0 fully saturated rings. The number of aryl methyl sites for hydroxylation is 1. The van der Waals surface area contributed by atoms with Crippen LogP contribution in [-0.2, 0) is 17.9 Å². The second kappa shape index (κ2) is 10.0. The summed E-state index contributed by atoms with van der Waals surface area (Å²) in [6.07, 6.45) is 8.10. The number of carbonyl (C=O) groups is 1. The Balaban J connectivity index is 1.51. The molecule has 4 rings (SSSR count). The Morgan fingerprint density at radius 2 is 2.06 bits per heavy atom. The molecular weight excluding hydrogens is 408 g/mol. The van der Waals surface area contributed by atoms with E-state index in [1.54, 1.807) is 6.26 Å². The van der Waals surface area contributed by atoms with Gasteiger partial charge in [0.05, 0.1) is 18.6 Å². The van der Waals surface area contributed by atoms with E-state index in [1.165, 1.54) is 18.2 Å². The number of hydrogen-bond acceptors (Lipinski definition) is 5. The summed E-state index contributed by atoms with van der Waals surface area (Å²) in [7, 11) is 0. The minimum absolute atomic E-state index is 0.0673. The third-order valence-corrected chi connectivity index (χ3v) is 6.50. The fraction of sp³-hybridized carbons (Fsp3) is 0.375. The highest BCUT2D eigenvalue weighted by Gasteiger charge is 2.23. The molecular formula is C24H28N4O2S. The summed E-state index contributed by atoms with van der Waals surface area (Å²) in [5.74, 6) is 2.02. The molecule has 162 valence electrons. The number of hydrogen-bond donors (Lipinski definition) is 0. The second-order valence-electron chi connectivity index (χ2n) is 7.65. The minimum Gasteiger partial charge on any atom is -0.467 e. The third kappa shape index (κ3) is 4.93. The molecule has 3 aromatic rings. The average molecular weight is 437 g/mol. The molecule has 0 aliphatic heterocycles. The maximum absolute atomic E-state index is 13.2. The molecule has 0 saturated heterocycles. The van der Waals surface area contributed by atoms with Gasteiger partial charge in [-0.1, -0.05) is 42.1 Å². The summed E-state index contributed by atoms with van der Waals surface area (Å²) in [4.78, 5) is 15.1. The van der Waals surface area contributed by atoms with Gasteiger partial charge in [0.15, 0.2) is 11.0 Å². The summed E-state index contributed by atoms with van der Waals surface area (Å²) in [5, 5.41) is 9.60. The lowest BCUT2D eigenvalue weighted by Crippen LogP contribution is -2.32. The van der Waals surface area contributed by atoms with Crippen molar-refractivity contribution in [2.45, 2.75) is 57.8 Å². The van der Waals surface area contributed by atoms with E-state index in [4.69, 9.17) is 4.42 Å². The fourth-order valence-electron chi connectivity index (χ4n) is 3.88. The van der Waals surface area contributed by atoms with Crippen molar-refractivity contribution in [1.82, 2.24) is 19.7 Å². The zero-order valence-electron chi connectivity index (χ0n) is 18.1. The van der Waals surface area contributed by atoms with Crippen LogP contribution in [0.2, 0.25) is 0 Å². The normalized spacial score (nSPS) is 13.8. The molecule has 2 heterocycles. The molecule has 0 saturated carbocycles. The molecule has 0 N–H and O–H groups in total. The molecule has 6 nitrogen and oxygen atoms in total. The van der Waals surface area contributed by atoms with E-state index in [-0.39, 0.29) is 5.91 Å². The number of carbonyl (C=O) groups excluding carboxylic acids is 1. The van der Waals surface area contributed by atoms with E-state index < -0.39 is 0 Å². The van der Waals surface area contributed by atoms with E-state index in [0.29, 0.717) is 12.3 Å². The van der Waals surface area contributed by atoms with E-state index in [2.05, 4.69) is 46.8 Å². The molecule has 2 aromatic heterocycles. The molecule has 0 spiro atoms. The second-order valence-corrected chi connectivity index (χ2v) is 8.60. The van der Waals surface area contributed by atoms with Crippen molar-refractivity contribution in [2.24, 2.45) is 0 Å². The highest BCUT2D eigenvalue weighted by Crippen LogP contribution is 2.28. The quantitative estimate of drug-likeness (QED) is 0.440. The van der Waals surface area contributed by atoms with Crippen LogP contribution in [0.1, 0.15) is 43.9 Å². The van der Waals surface area contributed by atoms with Crippen LogP contribution >= 0.6 is 11.8 Å². The van der Waals surface area contributed by atoms with Crippen molar-refractivity contribution < 1.29 is 9.21 Å². The minimum atomic E-state index is 0.0673. The van der Waals surface area contributed by atoms with Gasteiger partial charge in [-0.2, -0.15) is 0 Å². The zero-order chi connectivity index (χ0) is 21.6. The first-order valence-electron chi connectivity index (χ1n) is 10.8. The molecule has 0 radical (unpaired) electrons. The Hall–Kier alpha value is -2.80. The van der Waals surface area contributed by atoms with Crippen molar-refractivity contribution >= 4 is 17.7 Å². The van der Waals surface area contributed by atoms with Gasteiger partial charge in [0.2, 0.25) is 5.91 Å². The van der Waals surface area contributed by atoms with Gasteiger partial charge in [0.25, 0.3) is 0 Å². The highest BCUT2D eigenvalue weighted by atomic mass is 32.2. The van der Waals surface area contributed by atoms with Crippen LogP contribution in [0.5, 0.6) is 0 Å². The number of nitrogens with zero attached hydrogens (tertiary/aromatic N) is 4. The predicted molar refractivity (Wildman–Crippen MR) is 122 cm³/mol. The fourth-order valence-corrected chi connectivity index (χ4v) is 4.76. The number of amides is 1. The first-order valence-corrected chi connectivity index (χ1v) is 11.8. The number of thioether (sulfide) groups is 1. The SMILES string of the molecule is CCn1c(SCC(=O)N(Cc2ccco2)C2=CCCCC2)nnc1-c1ccccc1C. The zero-order valence-corrected chi connectivity index (χ0v) is 18.9. The Kier molecular flexibility index (Phi) is 6.92. The van der Waals surface area contributed by atoms with Crippen LogP contribution in [0.3, 0.4) is 0 Å². The Bertz CT molecular complexity index is 1060. The molecule has 31 heavy (non-hydrogen) atoms. The van der Waals surface area contributed by atoms with Crippen LogP contribution in [0.25, 0.3) is 11.4 Å². The Morgan fingerprint density at radius 1 is 1.19 bits per heavy atom. The van der Waals surface area contributed by atoms with Gasteiger partial charge < -0.3 is 13.9 Å². The van der Waals surface area contributed by atoms with Crippen LogP contribution in [0, 0.1) is 6.92 Å². The lowest BCUT2D eigenvalue weighted by atomic mass is 10.0. The first-order chi connectivity index (χ1) is 15.2. The largest absolute Gasteiger partial charge is 0.467 e. The van der Waals surface area contributed by atoms with Crippen molar-refractivity contribution in [3.8, 4) is 11.4 Å². The summed E-state index contributed by atoms with van der Waals surface area (Å²) >= 11 is 1.45. The Labute approximate surface area is 187 Å². The van der Waals surface area contributed by atoms with Crippen molar-refractivity contribution in [3.05, 3.63) is 65.8 Å². The third-order valence-electron chi connectivity index (χ3n) is 5.55. The number of benzene rings is 1. The van der Waals surface area contributed by atoms with Gasteiger partial charge in [0.1, 0.15) is 5.76 Å². The van der Waals surface area contributed by atoms with Gasteiger partial charge >= 0.3 is 0 Å². The van der Waals surface area contributed by atoms with Crippen molar-refractivity contribution in [3.63, 3.8) is 0 Å². The van der Waals surface area contributed by atoms with E-state index in [0.717, 1.165) is 59.4 Å². The molecule has 1 amide bonds. The number of rotatable bonds is 8. The molecule has 1 aromatic carbocycles. The standard InChI is InChI=1S/C24H28N4O2S/c1-3-27-23(21-14-8-7-10-18(21)2)25-26-24(27)31-17-22(29)28(16-20-13-9-15-30-20)19-11-5-4-6-12-19/h7-11,13-15H,3-6,12,16-17H2,1-2H3. The highest BCUT2D eigenvalue weighted by molar-refractivity contribution is 7.99. The molecule has 7 heteroatoms. The lowest BCUT2D eigenvalue weighted by Gasteiger charge is -2.27. The molecule has 0 bridgehead atoms. The molecule has 1 aliphatic rings.